The van der Waals surface area contributed by atoms with Crippen molar-refractivity contribution in [3.05, 3.63) is 12.3 Å². The first-order valence-corrected chi connectivity index (χ1v) is 9.33. The Morgan fingerprint density at radius 2 is 2.21 bits per heavy atom. The summed E-state index contributed by atoms with van der Waals surface area (Å²) in [5.74, 6) is 0. The second-order valence-electron chi connectivity index (χ2n) is 4.16. The summed E-state index contributed by atoms with van der Waals surface area (Å²) in [7, 11) is 1.72. The van der Waals surface area contributed by atoms with Crippen LogP contribution in [0.1, 0.15) is 33.6 Å². The Labute approximate surface area is 122 Å². The zero-order valence-electron chi connectivity index (χ0n) is 12.3. The van der Waals surface area contributed by atoms with Gasteiger partial charge in [0.2, 0.25) is 0 Å². The van der Waals surface area contributed by atoms with Crippen molar-refractivity contribution in [1.82, 2.24) is 20.6 Å². The first kappa shape index (κ1) is 18.7. The molecule has 0 spiro atoms. The fraction of sp³-hybridized carbons (Fsp3) is 0.727. The van der Waals surface area contributed by atoms with Gasteiger partial charge in [0, 0.05) is 19.8 Å². The Morgan fingerprint density at radius 3 is 2.74 bits per heavy atom. The molecular formula is C11H27N6PS. The monoisotopic (exact) mass is 306 g/mol. The molecule has 19 heavy (non-hydrogen) atoms. The molecule has 0 aromatic carbocycles. The molecule has 0 heterocycles. The predicted molar refractivity (Wildman–Crippen MR) is 88.2 cm³/mol. The van der Waals surface area contributed by atoms with Crippen LogP contribution in [0, 0.1) is 0 Å². The summed E-state index contributed by atoms with van der Waals surface area (Å²) < 4.78 is 0. The Kier molecular flexibility index (Phi) is 10.3. The largest absolute Gasteiger partial charge is 0.279 e. The minimum atomic E-state index is -2.20. The first-order chi connectivity index (χ1) is 8.95. The van der Waals surface area contributed by atoms with E-state index in [9.17, 15) is 0 Å². The van der Waals surface area contributed by atoms with E-state index in [-0.39, 0.29) is 6.17 Å². The average Bonchev–Trinajstić information content (AvgIpc) is 2.28. The van der Waals surface area contributed by atoms with E-state index in [2.05, 4.69) is 27.5 Å². The van der Waals surface area contributed by atoms with Gasteiger partial charge in [-0.05, 0) is 32.1 Å². The van der Waals surface area contributed by atoms with Crippen molar-refractivity contribution in [3.8, 4) is 0 Å². The normalized spacial score (nSPS) is 16.9. The maximum absolute atomic E-state index is 6.08. The average molecular weight is 306 g/mol. The summed E-state index contributed by atoms with van der Waals surface area (Å²) >= 11 is 5.37. The quantitative estimate of drug-likeness (QED) is 0.122. The van der Waals surface area contributed by atoms with Crippen molar-refractivity contribution in [2.75, 3.05) is 13.6 Å². The minimum absolute atomic E-state index is 0.0563. The summed E-state index contributed by atoms with van der Waals surface area (Å²) in [5, 5.41) is 8.18. The third-order valence-corrected chi connectivity index (χ3v) is 4.32. The van der Waals surface area contributed by atoms with Crippen LogP contribution < -0.4 is 21.1 Å². The molecule has 0 rings (SSSR count). The lowest BCUT2D eigenvalue weighted by Crippen LogP contribution is -2.48. The molecule has 0 amide bonds. The van der Waals surface area contributed by atoms with Crippen molar-refractivity contribution in [2.45, 2.75) is 39.8 Å². The summed E-state index contributed by atoms with van der Waals surface area (Å²) in [6.45, 7) is 4.69. The van der Waals surface area contributed by atoms with Crippen LogP contribution in [-0.2, 0) is 11.8 Å². The third-order valence-electron chi connectivity index (χ3n) is 2.15. The Hall–Kier alpha value is -0.300. The van der Waals surface area contributed by atoms with Gasteiger partial charge in [-0.3, -0.25) is 20.6 Å². The molecule has 0 aromatic rings. The van der Waals surface area contributed by atoms with Gasteiger partial charge in [0.25, 0.3) is 0 Å². The molecule has 0 aliphatic rings. The second kappa shape index (κ2) is 10.5. The van der Waals surface area contributed by atoms with Crippen LogP contribution >= 0.6 is 6.49 Å². The maximum atomic E-state index is 6.08. The van der Waals surface area contributed by atoms with Crippen molar-refractivity contribution in [2.24, 2.45) is 10.5 Å². The molecule has 0 saturated carbocycles. The summed E-state index contributed by atoms with van der Waals surface area (Å²) in [4.78, 5) is 3.96. The molecule has 0 aliphatic carbocycles. The molecule has 112 valence electrons. The Bertz CT molecular complexity index is 321. The highest BCUT2D eigenvalue weighted by Crippen LogP contribution is 2.25. The number of hydrogen-bond acceptors (Lipinski definition) is 3. The van der Waals surface area contributed by atoms with Gasteiger partial charge in [0.05, 0.1) is 6.17 Å². The molecule has 5 N–H and O–H groups in total. The SMILES string of the molecule is C/C=C/N(C=NC)NC(C)NP(N)(=S)NCCCC. The number of allylic oxidation sites excluding steroid dienone is 1. The van der Waals surface area contributed by atoms with Crippen molar-refractivity contribution in [3.63, 3.8) is 0 Å². The second-order valence-corrected chi connectivity index (χ2v) is 7.78. The first-order valence-electron chi connectivity index (χ1n) is 6.46. The number of hydrogen-bond donors (Lipinski definition) is 4. The van der Waals surface area contributed by atoms with Crippen LogP contribution in [0.2, 0.25) is 0 Å². The summed E-state index contributed by atoms with van der Waals surface area (Å²) in [6, 6.07) is 0. The third kappa shape index (κ3) is 10.2. The molecule has 0 radical (unpaired) electrons. The van der Waals surface area contributed by atoms with E-state index in [0.29, 0.717) is 0 Å². The highest BCUT2D eigenvalue weighted by Gasteiger charge is 2.13. The Balaban J connectivity index is 4.26. The Morgan fingerprint density at radius 1 is 1.53 bits per heavy atom. The molecule has 0 aromatic heterocycles. The fourth-order valence-electron chi connectivity index (χ4n) is 1.41. The van der Waals surface area contributed by atoms with Crippen LogP contribution in [0.15, 0.2) is 17.3 Å². The van der Waals surface area contributed by atoms with E-state index in [0.717, 1.165) is 19.4 Å². The van der Waals surface area contributed by atoms with E-state index in [1.54, 1.807) is 18.4 Å². The van der Waals surface area contributed by atoms with E-state index in [4.69, 9.17) is 17.3 Å². The standard InChI is InChI=1S/C11H27N6PS/c1-5-7-8-14-18(12,19)16-11(3)15-17(9-6-2)10-13-4/h6,9-11,15H,5,7-8H2,1-4H3,(H4,12,14,16,19)/b9-6+,13-10?. The summed E-state index contributed by atoms with van der Waals surface area (Å²) in [5.41, 5.74) is 9.27. The topological polar surface area (TPSA) is 77.7 Å². The van der Waals surface area contributed by atoms with Crippen molar-refractivity contribution < 1.29 is 0 Å². The van der Waals surface area contributed by atoms with Gasteiger partial charge in [0.1, 0.15) is 12.8 Å². The van der Waals surface area contributed by atoms with Gasteiger partial charge in [-0.25, -0.2) is 10.5 Å². The molecule has 0 saturated heterocycles. The van der Waals surface area contributed by atoms with Crippen molar-refractivity contribution >= 4 is 24.6 Å². The van der Waals surface area contributed by atoms with Gasteiger partial charge >= 0.3 is 0 Å². The van der Waals surface area contributed by atoms with Gasteiger partial charge in [-0.15, -0.1) is 0 Å². The lowest BCUT2D eigenvalue weighted by Gasteiger charge is -2.28. The lowest BCUT2D eigenvalue weighted by atomic mass is 10.3. The zero-order chi connectivity index (χ0) is 14.7. The smallest absolute Gasteiger partial charge is 0.136 e. The van der Waals surface area contributed by atoms with Crippen LogP contribution in [-0.4, -0.2) is 31.1 Å². The van der Waals surface area contributed by atoms with Crippen molar-refractivity contribution in [1.29, 1.82) is 0 Å². The number of nitrogens with zero attached hydrogens (tertiary/aromatic N) is 2. The summed E-state index contributed by atoms with van der Waals surface area (Å²) in [6.07, 6.45) is 7.61. The molecule has 0 fully saturated rings. The van der Waals surface area contributed by atoms with E-state index in [1.807, 2.05) is 26.1 Å². The number of aliphatic imine (C=N–C) groups is 1. The molecule has 6 nitrogen and oxygen atoms in total. The number of rotatable bonds is 10. The highest BCUT2D eigenvalue weighted by molar-refractivity contribution is 8.11. The van der Waals surface area contributed by atoms with E-state index in [1.165, 1.54) is 0 Å². The minimum Gasteiger partial charge on any atom is -0.279 e. The zero-order valence-corrected chi connectivity index (χ0v) is 14.0. The number of nitrogens with one attached hydrogen (secondary N) is 3. The van der Waals surface area contributed by atoms with Gasteiger partial charge in [-0.2, -0.15) is 0 Å². The maximum Gasteiger partial charge on any atom is 0.136 e. The fourth-order valence-corrected chi connectivity index (χ4v) is 3.37. The predicted octanol–water partition coefficient (Wildman–Crippen LogP) is 1.49. The van der Waals surface area contributed by atoms with Gasteiger partial charge in [-0.1, -0.05) is 19.4 Å². The molecule has 2 unspecified atom stereocenters. The molecule has 2 atom stereocenters. The number of unbranched alkanes of at least 4 members (excludes halogenated alkanes) is 1. The van der Waals surface area contributed by atoms with Gasteiger partial charge in [0.15, 0.2) is 0 Å². The molecule has 0 bridgehead atoms. The van der Waals surface area contributed by atoms with Crippen LogP contribution in [0.4, 0.5) is 0 Å². The van der Waals surface area contributed by atoms with Crippen LogP contribution in [0.25, 0.3) is 0 Å². The van der Waals surface area contributed by atoms with E-state index >= 15 is 0 Å². The van der Waals surface area contributed by atoms with Gasteiger partial charge < -0.3 is 0 Å². The number of hydrazine groups is 1. The van der Waals surface area contributed by atoms with Crippen LogP contribution in [0.3, 0.4) is 0 Å². The molecule has 8 heteroatoms. The lowest BCUT2D eigenvalue weighted by molar-refractivity contribution is 0.343. The van der Waals surface area contributed by atoms with E-state index < -0.39 is 6.49 Å². The molecule has 0 aliphatic heterocycles. The number of nitrogens with two attached hydrogens (primary N) is 1. The molecular weight excluding hydrogens is 279 g/mol. The van der Waals surface area contributed by atoms with Crippen LogP contribution in [0.5, 0.6) is 0 Å². The highest BCUT2D eigenvalue weighted by atomic mass is 32.4.